The predicted molar refractivity (Wildman–Crippen MR) is 87.7 cm³/mol. The number of aliphatic hydroxyl groups excluding tert-OH is 1. The van der Waals surface area contributed by atoms with E-state index in [0.29, 0.717) is 6.04 Å². The lowest BCUT2D eigenvalue weighted by Gasteiger charge is -2.41. The van der Waals surface area contributed by atoms with E-state index in [4.69, 9.17) is 0 Å². The van der Waals surface area contributed by atoms with Gasteiger partial charge in [-0.1, -0.05) is 48.0 Å². The highest BCUT2D eigenvalue weighted by Crippen LogP contribution is 2.29. The average Bonchev–Trinajstić information content (AvgIpc) is 2.41. The third-order valence-electron chi connectivity index (χ3n) is 4.67. The number of rotatable bonds is 4. The highest BCUT2D eigenvalue weighted by Gasteiger charge is 2.28. The first-order chi connectivity index (χ1) is 9.49. The first-order valence-corrected chi connectivity index (χ1v) is 8.45. The van der Waals surface area contributed by atoms with Crippen LogP contribution in [0.5, 0.6) is 0 Å². The van der Waals surface area contributed by atoms with Gasteiger partial charge >= 0.3 is 0 Å². The zero-order chi connectivity index (χ0) is 14.7. The number of benzene rings is 1. The molecule has 1 fully saturated rings. The van der Waals surface area contributed by atoms with E-state index in [9.17, 15) is 5.11 Å². The molecule has 112 valence electrons. The molecular weight excluding hydrogens is 314 g/mol. The maximum Gasteiger partial charge on any atom is 0.0813 e. The number of hydrogen-bond donors (Lipinski definition) is 1. The smallest absolute Gasteiger partial charge is 0.0813 e. The lowest BCUT2D eigenvalue weighted by molar-refractivity contribution is 0.0597. The van der Waals surface area contributed by atoms with Crippen molar-refractivity contribution in [1.29, 1.82) is 0 Å². The Morgan fingerprint density at radius 1 is 1.30 bits per heavy atom. The van der Waals surface area contributed by atoms with Gasteiger partial charge in [0.15, 0.2) is 0 Å². The quantitative estimate of drug-likeness (QED) is 0.886. The van der Waals surface area contributed by atoms with Gasteiger partial charge in [-0.15, -0.1) is 0 Å². The monoisotopic (exact) mass is 339 g/mol. The number of hydrogen-bond acceptors (Lipinski definition) is 2. The largest absolute Gasteiger partial charge is 0.388 e. The second-order valence-electron chi connectivity index (χ2n) is 6.38. The second-order valence-corrected chi connectivity index (χ2v) is 7.23. The molecule has 0 radical (unpaired) electrons. The molecule has 20 heavy (non-hydrogen) atoms. The molecular formula is C17H26BrNO. The van der Waals surface area contributed by atoms with E-state index in [1.807, 2.05) is 24.3 Å². The van der Waals surface area contributed by atoms with Crippen LogP contribution in [0, 0.1) is 11.8 Å². The summed E-state index contributed by atoms with van der Waals surface area (Å²) >= 11 is 3.52. The van der Waals surface area contributed by atoms with Crippen LogP contribution in [0.1, 0.15) is 45.3 Å². The third kappa shape index (κ3) is 3.84. The summed E-state index contributed by atoms with van der Waals surface area (Å²) < 4.78 is 1.00. The van der Waals surface area contributed by atoms with Crippen molar-refractivity contribution in [2.75, 3.05) is 13.1 Å². The Morgan fingerprint density at radius 3 is 2.70 bits per heavy atom. The Labute approximate surface area is 131 Å². The molecule has 1 aliphatic rings. The van der Waals surface area contributed by atoms with Gasteiger partial charge in [0, 0.05) is 23.6 Å². The van der Waals surface area contributed by atoms with E-state index in [0.717, 1.165) is 41.4 Å². The van der Waals surface area contributed by atoms with Crippen LogP contribution in [0.15, 0.2) is 28.7 Å². The van der Waals surface area contributed by atoms with Crippen LogP contribution in [0.25, 0.3) is 0 Å². The molecule has 2 nitrogen and oxygen atoms in total. The molecule has 3 heteroatoms. The van der Waals surface area contributed by atoms with E-state index in [1.54, 1.807) is 0 Å². The summed E-state index contributed by atoms with van der Waals surface area (Å²) in [6.07, 6.45) is 1.74. The van der Waals surface area contributed by atoms with E-state index in [-0.39, 0.29) is 6.10 Å². The van der Waals surface area contributed by atoms with E-state index in [2.05, 4.69) is 41.6 Å². The predicted octanol–water partition coefficient (Wildman–Crippen LogP) is 4.24. The van der Waals surface area contributed by atoms with Gasteiger partial charge in [0.2, 0.25) is 0 Å². The lowest BCUT2D eigenvalue weighted by Crippen LogP contribution is -2.46. The maximum absolute atomic E-state index is 10.4. The van der Waals surface area contributed by atoms with Gasteiger partial charge in [-0.3, -0.25) is 0 Å². The van der Waals surface area contributed by atoms with Crippen LogP contribution in [-0.2, 0) is 0 Å². The molecule has 1 aromatic rings. The van der Waals surface area contributed by atoms with E-state index >= 15 is 0 Å². The van der Waals surface area contributed by atoms with Crippen LogP contribution in [0.3, 0.4) is 0 Å². The fourth-order valence-corrected chi connectivity index (χ4v) is 3.87. The molecule has 0 spiro atoms. The molecule has 2 rings (SSSR count). The average molecular weight is 340 g/mol. The summed E-state index contributed by atoms with van der Waals surface area (Å²) in [5, 5.41) is 10.4. The first-order valence-electron chi connectivity index (χ1n) is 7.65. The molecule has 0 amide bonds. The first kappa shape index (κ1) is 16.0. The second kappa shape index (κ2) is 7.06. The number of piperidine rings is 1. The molecule has 0 bridgehead atoms. The Morgan fingerprint density at radius 2 is 2.00 bits per heavy atom. The highest BCUT2D eigenvalue weighted by molar-refractivity contribution is 9.10. The topological polar surface area (TPSA) is 23.5 Å². The van der Waals surface area contributed by atoms with Crippen molar-refractivity contribution in [3.05, 3.63) is 34.3 Å². The summed E-state index contributed by atoms with van der Waals surface area (Å²) in [4.78, 5) is 2.54. The lowest BCUT2D eigenvalue weighted by atomic mass is 9.86. The molecule has 0 saturated carbocycles. The van der Waals surface area contributed by atoms with Gasteiger partial charge in [0.05, 0.1) is 6.10 Å². The summed E-state index contributed by atoms with van der Waals surface area (Å²) in [5.41, 5.74) is 0.998. The molecule has 0 aromatic heterocycles. The van der Waals surface area contributed by atoms with Crippen LogP contribution in [0.2, 0.25) is 0 Å². The van der Waals surface area contributed by atoms with Crippen molar-refractivity contribution < 1.29 is 5.11 Å². The fraction of sp³-hybridized carbons (Fsp3) is 0.647. The number of likely N-dealkylation sites (tertiary alicyclic amines) is 1. The van der Waals surface area contributed by atoms with Crippen molar-refractivity contribution in [3.63, 3.8) is 0 Å². The number of aliphatic hydroxyl groups is 1. The molecule has 1 aromatic carbocycles. The Kier molecular flexibility index (Phi) is 5.65. The zero-order valence-electron chi connectivity index (χ0n) is 12.7. The molecule has 1 aliphatic heterocycles. The van der Waals surface area contributed by atoms with Crippen molar-refractivity contribution in [3.8, 4) is 0 Å². The summed E-state index contributed by atoms with van der Waals surface area (Å²) in [5.74, 6) is 1.51. The van der Waals surface area contributed by atoms with Crippen molar-refractivity contribution in [2.24, 2.45) is 11.8 Å². The molecule has 1 N–H and O–H groups in total. The van der Waals surface area contributed by atoms with Gasteiger partial charge in [0.1, 0.15) is 0 Å². The molecule has 0 aliphatic carbocycles. The van der Waals surface area contributed by atoms with Gasteiger partial charge in [0.25, 0.3) is 0 Å². The third-order valence-corrected chi connectivity index (χ3v) is 5.40. The standard InChI is InChI=1S/C17H26BrNO/c1-12-10-13(2)14(3)19(11-12)9-8-17(20)15-6-4-5-7-16(15)18/h4-7,12-14,17,20H,8-11H2,1-3H3. The highest BCUT2D eigenvalue weighted by atomic mass is 79.9. The number of nitrogens with zero attached hydrogens (tertiary/aromatic N) is 1. The van der Waals surface area contributed by atoms with Crippen molar-refractivity contribution >= 4 is 15.9 Å². The zero-order valence-corrected chi connectivity index (χ0v) is 14.3. The Bertz CT molecular complexity index is 437. The van der Waals surface area contributed by atoms with Gasteiger partial charge < -0.3 is 10.0 Å². The molecule has 1 heterocycles. The Balaban J connectivity index is 1.93. The fourth-order valence-electron chi connectivity index (χ4n) is 3.32. The minimum atomic E-state index is -0.384. The van der Waals surface area contributed by atoms with Crippen molar-refractivity contribution in [1.82, 2.24) is 4.90 Å². The maximum atomic E-state index is 10.4. The molecule has 4 atom stereocenters. The summed E-state index contributed by atoms with van der Waals surface area (Å²) in [7, 11) is 0. The van der Waals surface area contributed by atoms with Gasteiger partial charge in [-0.25, -0.2) is 0 Å². The summed E-state index contributed by atoms with van der Waals surface area (Å²) in [6.45, 7) is 9.13. The molecule has 4 unspecified atom stereocenters. The summed E-state index contributed by atoms with van der Waals surface area (Å²) in [6, 6.07) is 8.58. The van der Waals surface area contributed by atoms with Crippen LogP contribution in [-0.4, -0.2) is 29.1 Å². The van der Waals surface area contributed by atoms with Crippen LogP contribution < -0.4 is 0 Å². The van der Waals surface area contributed by atoms with E-state index < -0.39 is 0 Å². The minimum Gasteiger partial charge on any atom is -0.388 e. The van der Waals surface area contributed by atoms with Crippen LogP contribution in [0.4, 0.5) is 0 Å². The minimum absolute atomic E-state index is 0.384. The van der Waals surface area contributed by atoms with Gasteiger partial charge in [-0.05, 0) is 43.2 Å². The Hall–Kier alpha value is -0.380. The molecule has 1 saturated heterocycles. The SMILES string of the molecule is CC1CC(C)C(C)N(CCC(O)c2ccccc2Br)C1. The van der Waals surface area contributed by atoms with Gasteiger partial charge in [-0.2, -0.15) is 0 Å². The van der Waals surface area contributed by atoms with E-state index in [1.165, 1.54) is 6.42 Å². The normalized spacial score (nSPS) is 29.4. The van der Waals surface area contributed by atoms with Crippen LogP contribution >= 0.6 is 15.9 Å². The number of halogens is 1. The van der Waals surface area contributed by atoms with Crippen molar-refractivity contribution in [2.45, 2.75) is 45.8 Å².